The third-order valence-corrected chi connectivity index (χ3v) is 9.16. The standard InChI is InChI=1S/C31H32N4O7S2/c1-3-35(22-12-14-23(42-2)15-13-22)29(36)26(16-20-8-5-4-6-9-20)33-31(39)34-44(40,41)28-11-7-10-24(25(28)18-32)21-17-27(30(37)38)43-19-21/h4-15,17,19,26H,3,16,18,32H2,1-2H3,(H,37,38)(H2,33,34,39)/t26-/m0/s1. The summed E-state index contributed by atoms with van der Waals surface area (Å²) in [7, 11) is -2.93. The van der Waals surface area contributed by atoms with Crippen molar-refractivity contribution in [1.82, 2.24) is 10.0 Å². The Kier molecular flexibility index (Phi) is 10.4. The molecule has 230 valence electrons. The quantitative estimate of drug-likeness (QED) is 0.179. The van der Waals surface area contributed by atoms with Crippen molar-refractivity contribution in [3.8, 4) is 16.9 Å². The van der Waals surface area contributed by atoms with Crippen LogP contribution in [0.4, 0.5) is 10.5 Å². The van der Waals surface area contributed by atoms with Crippen molar-refractivity contribution >= 4 is 45.0 Å². The van der Waals surface area contributed by atoms with Crippen LogP contribution in [0.3, 0.4) is 0 Å². The number of sulfonamides is 1. The maximum Gasteiger partial charge on any atom is 0.345 e. The number of carboxylic acids is 1. The summed E-state index contributed by atoms with van der Waals surface area (Å²) < 4.78 is 34.2. The molecule has 1 atom stereocenters. The van der Waals surface area contributed by atoms with Crippen LogP contribution in [0.15, 0.2) is 89.1 Å². The first kappa shape index (κ1) is 32.2. The van der Waals surface area contributed by atoms with Gasteiger partial charge in [-0.25, -0.2) is 22.7 Å². The Morgan fingerprint density at radius 3 is 2.32 bits per heavy atom. The van der Waals surface area contributed by atoms with E-state index in [1.165, 1.54) is 30.2 Å². The summed E-state index contributed by atoms with van der Waals surface area (Å²) in [6.45, 7) is 1.88. The molecule has 0 spiro atoms. The second-order valence-corrected chi connectivity index (χ2v) is 12.2. The van der Waals surface area contributed by atoms with Crippen LogP contribution in [-0.2, 0) is 27.8 Å². The Bertz CT molecular complexity index is 1740. The number of aromatic carboxylic acids is 1. The van der Waals surface area contributed by atoms with Crippen molar-refractivity contribution < 1.29 is 32.6 Å². The van der Waals surface area contributed by atoms with Gasteiger partial charge >= 0.3 is 12.0 Å². The van der Waals surface area contributed by atoms with E-state index >= 15 is 0 Å². The van der Waals surface area contributed by atoms with E-state index in [-0.39, 0.29) is 34.8 Å². The van der Waals surface area contributed by atoms with E-state index in [0.29, 0.717) is 22.6 Å². The number of hydrogen-bond acceptors (Lipinski definition) is 8. The van der Waals surface area contributed by atoms with Crippen LogP contribution in [-0.4, -0.2) is 51.1 Å². The molecule has 0 fully saturated rings. The van der Waals surface area contributed by atoms with Gasteiger partial charge in [0.2, 0.25) is 5.91 Å². The predicted octanol–water partition coefficient (Wildman–Crippen LogP) is 4.23. The lowest BCUT2D eigenvalue weighted by atomic mass is 10.0. The van der Waals surface area contributed by atoms with Crippen molar-refractivity contribution in [2.45, 2.75) is 30.8 Å². The van der Waals surface area contributed by atoms with E-state index in [4.69, 9.17) is 10.5 Å². The lowest BCUT2D eigenvalue weighted by Gasteiger charge is -2.27. The summed E-state index contributed by atoms with van der Waals surface area (Å²) in [5.41, 5.74) is 8.40. The fourth-order valence-electron chi connectivity index (χ4n) is 4.72. The van der Waals surface area contributed by atoms with Gasteiger partial charge in [0.25, 0.3) is 10.0 Å². The smallest absolute Gasteiger partial charge is 0.345 e. The molecule has 0 saturated heterocycles. The molecule has 0 aliphatic heterocycles. The summed E-state index contributed by atoms with van der Waals surface area (Å²) in [4.78, 5) is 39.7. The van der Waals surface area contributed by atoms with Gasteiger partial charge in [-0.1, -0.05) is 42.5 Å². The van der Waals surface area contributed by atoms with Gasteiger partial charge in [-0.15, -0.1) is 11.3 Å². The number of carbonyl (C=O) groups is 3. The molecule has 4 rings (SSSR count). The number of nitrogens with zero attached hydrogens (tertiary/aromatic N) is 1. The number of thiophene rings is 1. The third kappa shape index (κ3) is 7.43. The average molecular weight is 637 g/mol. The number of nitrogens with one attached hydrogen (secondary N) is 2. The van der Waals surface area contributed by atoms with Gasteiger partial charge in [0.15, 0.2) is 0 Å². The topological polar surface area (TPSA) is 168 Å². The van der Waals surface area contributed by atoms with Crippen molar-refractivity contribution in [2.24, 2.45) is 5.73 Å². The number of rotatable bonds is 12. The highest BCUT2D eigenvalue weighted by atomic mass is 32.2. The second kappa shape index (κ2) is 14.2. The number of urea groups is 1. The molecule has 1 aromatic heterocycles. The van der Waals surface area contributed by atoms with Crippen LogP contribution in [0.2, 0.25) is 0 Å². The molecule has 0 saturated carbocycles. The van der Waals surface area contributed by atoms with Gasteiger partial charge in [0.05, 0.1) is 12.0 Å². The maximum absolute atomic E-state index is 13.8. The van der Waals surface area contributed by atoms with Gasteiger partial charge in [-0.05, 0) is 71.0 Å². The number of amides is 3. The first-order valence-electron chi connectivity index (χ1n) is 13.5. The second-order valence-electron chi connectivity index (χ2n) is 9.59. The molecule has 3 amide bonds. The lowest BCUT2D eigenvalue weighted by Crippen LogP contribution is -2.53. The summed E-state index contributed by atoms with van der Waals surface area (Å²) in [5.74, 6) is -0.931. The summed E-state index contributed by atoms with van der Waals surface area (Å²) in [5, 5.41) is 13.4. The van der Waals surface area contributed by atoms with Crippen LogP contribution in [0.5, 0.6) is 5.75 Å². The van der Waals surface area contributed by atoms with Crippen molar-refractivity contribution in [3.63, 3.8) is 0 Å². The zero-order valence-corrected chi connectivity index (χ0v) is 25.7. The molecule has 0 radical (unpaired) electrons. The monoisotopic (exact) mass is 636 g/mol. The van der Waals surface area contributed by atoms with E-state index in [1.54, 1.807) is 66.9 Å². The molecule has 11 nitrogen and oxygen atoms in total. The Hall–Kier alpha value is -4.72. The highest BCUT2D eigenvalue weighted by Gasteiger charge is 2.29. The number of carbonyl (C=O) groups excluding carboxylic acids is 2. The molecule has 1 heterocycles. The van der Waals surface area contributed by atoms with Crippen molar-refractivity contribution in [3.05, 3.63) is 100 Å². The minimum Gasteiger partial charge on any atom is -0.497 e. The fourth-order valence-corrected chi connectivity index (χ4v) is 6.65. The Morgan fingerprint density at radius 1 is 1.02 bits per heavy atom. The van der Waals surface area contributed by atoms with Crippen LogP contribution < -0.4 is 25.4 Å². The predicted molar refractivity (Wildman–Crippen MR) is 168 cm³/mol. The van der Waals surface area contributed by atoms with Gasteiger partial charge in [-0.3, -0.25) is 4.79 Å². The van der Waals surface area contributed by atoms with E-state index in [2.05, 4.69) is 5.32 Å². The number of carboxylic acid groups (broad SMARTS) is 1. The van der Waals surface area contributed by atoms with Crippen LogP contribution in [0, 0.1) is 0 Å². The van der Waals surface area contributed by atoms with Crippen molar-refractivity contribution in [2.75, 3.05) is 18.6 Å². The van der Waals surface area contributed by atoms with Gasteiger partial charge < -0.3 is 25.8 Å². The molecule has 44 heavy (non-hydrogen) atoms. The lowest BCUT2D eigenvalue weighted by molar-refractivity contribution is -0.120. The van der Waals surface area contributed by atoms with Gasteiger partial charge in [-0.2, -0.15) is 0 Å². The third-order valence-electron chi connectivity index (χ3n) is 6.83. The number of anilines is 1. The van der Waals surface area contributed by atoms with E-state index in [9.17, 15) is 27.9 Å². The fraction of sp³-hybridized carbons (Fsp3) is 0.194. The first-order chi connectivity index (χ1) is 21.1. The van der Waals surface area contributed by atoms with Crippen LogP contribution in [0.25, 0.3) is 11.1 Å². The Balaban J connectivity index is 1.61. The molecule has 0 unspecified atom stereocenters. The molecule has 0 bridgehead atoms. The van der Waals surface area contributed by atoms with E-state index in [1.807, 2.05) is 10.8 Å². The molecular weight excluding hydrogens is 604 g/mol. The summed E-state index contributed by atoms with van der Waals surface area (Å²) in [6.07, 6.45) is 0.105. The normalized spacial score (nSPS) is 11.8. The number of hydrogen-bond donors (Lipinski definition) is 4. The molecule has 5 N–H and O–H groups in total. The molecular formula is C31H32N4O7S2. The number of nitrogens with two attached hydrogens (primary N) is 1. The van der Waals surface area contributed by atoms with E-state index < -0.39 is 34.0 Å². The number of likely N-dealkylation sites (N-methyl/N-ethyl adjacent to an activating group) is 1. The molecule has 13 heteroatoms. The van der Waals surface area contributed by atoms with Crippen LogP contribution >= 0.6 is 11.3 Å². The minimum absolute atomic E-state index is 0.0821. The highest BCUT2D eigenvalue weighted by Crippen LogP contribution is 2.32. The van der Waals surface area contributed by atoms with Crippen LogP contribution in [0.1, 0.15) is 27.7 Å². The molecule has 4 aromatic rings. The Morgan fingerprint density at radius 2 is 1.73 bits per heavy atom. The Labute approximate surface area is 259 Å². The first-order valence-corrected chi connectivity index (χ1v) is 15.9. The van der Waals surface area contributed by atoms with E-state index in [0.717, 1.165) is 16.9 Å². The zero-order chi connectivity index (χ0) is 31.9. The zero-order valence-electron chi connectivity index (χ0n) is 24.0. The summed E-state index contributed by atoms with van der Waals surface area (Å²) >= 11 is 0.998. The number of ether oxygens (including phenoxy) is 1. The average Bonchev–Trinajstić information content (AvgIpc) is 3.52. The minimum atomic E-state index is -4.47. The maximum atomic E-state index is 13.8. The number of methoxy groups -OCH3 is 1. The molecule has 3 aromatic carbocycles. The summed E-state index contributed by atoms with van der Waals surface area (Å²) in [6, 6.07) is 19.5. The highest BCUT2D eigenvalue weighted by molar-refractivity contribution is 7.90. The molecule has 0 aliphatic carbocycles. The van der Waals surface area contributed by atoms with Gasteiger partial charge in [0, 0.05) is 25.2 Å². The SMILES string of the molecule is CCN(C(=O)[C@H](Cc1ccccc1)NC(=O)NS(=O)(=O)c1cccc(-c2csc(C(=O)O)c2)c1CN)c1ccc(OC)cc1. The molecule has 0 aliphatic rings. The number of benzene rings is 3. The largest absolute Gasteiger partial charge is 0.497 e. The van der Waals surface area contributed by atoms with Gasteiger partial charge in [0.1, 0.15) is 16.7 Å². The van der Waals surface area contributed by atoms with Crippen molar-refractivity contribution in [1.29, 1.82) is 0 Å².